The number of aromatic nitrogens is 1. The summed E-state index contributed by atoms with van der Waals surface area (Å²) in [6.45, 7) is 7.34. The Balaban J connectivity index is 0.919. The molecule has 476 valence electrons. The van der Waals surface area contributed by atoms with Crippen LogP contribution in [-0.2, 0) is 38.1 Å². The van der Waals surface area contributed by atoms with Gasteiger partial charge in [0.2, 0.25) is 11.8 Å². The van der Waals surface area contributed by atoms with E-state index in [1.165, 1.54) is 24.5 Å². The average Bonchev–Trinajstić information content (AvgIpc) is 2.10. The highest BCUT2D eigenvalue weighted by Gasteiger charge is 2.50. The molecule has 87 heavy (non-hydrogen) atoms. The first-order valence-corrected chi connectivity index (χ1v) is 32.4. The molecule has 3 saturated heterocycles. The van der Waals surface area contributed by atoms with Crippen molar-refractivity contribution < 1.29 is 77.6 Å². The minimum Gasteiger partial charge on any atom is -0.465 e. The molecule has 2 amide bonds. The summed E-state index contributed by atoms with van der Waals surface area (Å²) in [6.07, 6.45) is 20.8. The number of aliphatic hydroxyl groups is 4. The van der Waals surface area contributed by atoms with Crippen molar-refractivity contribution >= 4 is 51.3 Å². The van der Waals surface area contributed by atoms with Crippen LogP contribution in [-0.4, -0.2) is 180 Å². The quantitative estimate of drug-likeness (QED) is 0.00775. The van der Waals surface area contributed by atoms with Gasteiger partial charge in [-0.25, -0.2) is 9.59 Å². The fourth-order valence-corrected chi connectivity index (χ4v) is 11.1. The third kappa shape index (κ3) is 25.0. The number of likely N-dealkylation sites (tertiary alicyclic amines) is 1. The number of pyridine rings is 1. The second kappa shape index (κ2) is 38.6. The molecular weight excluding hydrogens is 1160 g/mol. The molecule has 9 unspecified atom stereocenters. The lowest BCUT2D eigenvalue weighted by Gasteiger charge is -2.43. The van der Waals surface area contributed by atoms with E-state index in [2.05, 4.69) is 76.5 Å². The summed E-state index contributed by atoms with van der Waals surface area (Å²) in [5, 5.41) is 48.8. The standard InChI is InChI=1S/C64H87N5O16S2/c1-4-5-6-7-8-9-10-11-12-13-14-15-16-17-18-19-30-54(73)80-44-64(2,3)58(85-63-57(84-63)46-26-20-22-28-50(46)83-62(78)47-27-21-23-29-51(47)82-61(77)45-25-24-32-65-40-45)59(76)67-33-31-53(72)66-34-38-86-87-39-35-68-60-52(81-60)43-79-37-36-69-41-49(71)56(75)55(74)48(69)42-70/h5-6,8-9,11-12,16-17,20-29,32,40,48-49,52,55-58,60,63,68,70-71,74-75H,4,7,10,13-15,18-19,30-31,33-39,41-44H2,1-3H3,(H,66,72)(H,67,76). The number of ether oxygens (including phenoxy) is 7. The number of carbonyl (C=O) groups is 5. The zero-order valence-electron chi connectivity index (χ0n) is 50.0. The van der Waals surface area contributed by atoms with Crippen LogP contribution >= 0.6 is 21.6 Å². The van der Waals surface area contributed by atoms with Crippen LogP contribution in [0.3, 0.4) is 0 Å². The number of esters is 3. The summed E-state index contributed by atoms with van der Waals surface area (Å²) in [6, 6.07) is 15.3. The Labute approximate surface area is 518 Å². The number of nitrogens with zero attached hydrogens (tertiary/aromatic N) is 2. The molecule has 0 spiro atoms. The third-order valence-electron chi connectivity index (χ3n) is 14.2. The highest BCUT2D eigenvalue weighted by atomic mass is 33.1. The highest BCUT2D eigenvalue weighted by Crippen LogP contribution is 2.46. The van der Waals surface area contributed by atoms with Crippen molar-refractivity contribution in [2.75, 3.05) is 70.7 Å². The molecule has 3 aromatic rings. The molecule has 21 nitrogen and oxygen atoms in total. The molecule has 7 N–H and O–H groups in total. The van der Waals surface area contributed by atoms with E-state index in [9.17, 15) is 44.4 Å². The zero-order chi connectivity index (χ0) is 62.2. The number of benzene rings is 2. The van der Waals surface area contributed by atoms with E-state index in [0.29, 0.717) is 50.6 Å². The minimum atomic E-state index is -1.31. The number of epoxide rings is 2. The second-order valence-electron chi connectivity index (χ2n) is 21.7. The summed E-state index contributed by atoms with van der Waals surface area (Å²) in [7, 11) is 3.26. The number of nitrogens with one attached hydrogen (secondary N) is 3. The first kappa shape index (κ1) is 70.3. The number of hydrogen-bond donors (Lipinski definition) is 7. The molecule has 1 aromatic heterocycles. The molecule has 0 bridgehead atoms. The molecule has 6 rings (SSSR count). The predicted molar refractivity (Wildman–Crippen MR) is 332 cm³/mol. The van der Waals surface area contributed by atoms with Crippen LogP contribution in [0, 0.1) is 5.41 Å². The maximum atomic E-state index is 14.1. The molecule has 9 atom stereocenters. The van der Waals surface area contributed by atoms with E-state index in [1.807, 2.05) is 0 Å². The van der Waals surface area contributed by atoms with Gasteiger partial charge in [0.25, 0.3) is 0 Å². The average molecular weight is 1250 g/mol. The van der Waals surface area contributed by atoms with Crippen molar-refractivity contribution in [3.05, 3.63) is 138 Å². The van der Waals surface area contributed by atoms with Gasteiger partial charge >= 0.3 is 17.9 Å². The smallest absolute Gasteiger partial charge is 0.347 e. The van der Waals surface area contributed by atoms with Crippen LogP contribution in [0.2, 0.25) is 0 Å². The van der Waals surface area contributed by atoms with Gasteiger partial charge in [0.05, 0.1) is 44.1 Å². The lowest BCUT2D eigenvalue weighted by Crippen LogP contribution is -2.62. The Bertz CT molecular complexity index is 2720. The number of unbranched alkanes of at least 4 members (excludes halogenated alkanes) is 3. The second-order valence-corrected chi connectivity index (χ2v) is 24.4. The number of carbonyl (C=O) groups excluding carboxylic acids is 5. The molecule has 3 aliphatic heterocycles. The first-order chi connectivity index (χ1) is 42.2. The highest BCUT2D eigenvalue weighted by molar-refractivity contribution is 8.76. The summed E-state index contributed by atoms with van der Waals surface area (Å²) in [4.78, 5) is 72.3. The maximum Gasteiger partial charge on any atom is 0.347 e. The van der Waals surface area contributed by atoms with Crippen molar-refractivity contribution in [1.29, 1.82) is 0 Å². The van der Waals surface area contributed by atoms with Crippen molar-refractivity contribution in [3.63, 3.8) is 0 Å². The lowest BCUT2D eigenvalue weighted by molar-refractivity contribution is -0.161. The van der Waals surface area contributed by atoms with Crippen LogP contribution in [0.25, 0.3) is 0 Å². The summed E-state index contributed by atoms with van der Waals surface area (Å²) >= 11 is 0. The van der Waals surface area contributed by atoms with Crippen molar-refractivity contribution in [3.8, 4) is 11.5 Å². The molecular formula is C64H87N5O16S2. The van der Waals surface area contributed by atoms with Crippen LogP contribution in [0.15, 0.2) is 122 Å². The Hall–Kier alpha value is -5.80. The van der Waals surface area contributed by atoms with E-state index in [-0.39, 0.29) is 80.0 Å². The lowest BCUT2D eigenvalue weighted by atomic mass is 9.86. The molecule has 2 aromatic carbocycles. The molecule has 3 fully saturated rings. The molecule has 3 aliphatic rings. The van der Waals surface area contributed by atoms with Crippen molar-refractivity contribution in [2.24, 2.45) is 5.41 Å². The Morgan fingerprint density at radius 2 is 1.47 bits per heavy atom. The van der Waals surface area contributed by atoms with E-state index in [1.54, 1.807) is 88.9 Å². The van der Waals surface area contributed by atoms with Gasteiger partial charge in [0.15, 0.2) is 6.29 Å². The molecule has 23 heteroatoms. The Kier molecular flexibility index (Phi) is 31.2. The van der Waals surface area contributed by atoms with Gasteiger partial charge in [-0.2, -0.15) is 0 Å². The maximum absolute atomic E-state index is 14.1. The molecule has 0 radical (unpaired) electrons. The number of β-amino-alcohol motifs (C(OH)–C–C–N with tert-alkyl or cyclic N) is 1. The Morgan fingerprint density at radius 3 is 2.22 bits per heavy atom. The van der Waals surface area contributed by atoms with Crippen LogP contribution in [0.1, 0.15) is 117 Å². The molecule has 0 aliphatic carbocycles. The number of para-hydroxylation sites is 2. The van der Waals surface area contributed by atoms with Gasteiger partial charge < -0.3 is 64.2 Å². The fraction of sp³-hybridized carbons (Fsp3) is 0.531. The largest absolute Gasteiger partial charge is 0.465 e. The van der Waals surface area contributed by atoms with Crippen molar-refractivity contribution in [2.45, 2.75) is 140 Å². The number of rotatable bonds is 41. The molecule has 4 heterocycles. The van der Waals surface area contributed by atoms with Gasteiger partial charge in [-0.15, -0.1) is 0 Å². The van der Waals surface area contributed by atoms with E-state index in [4.69, 9.17) is 33.2 Å². The van der Waals surface area contributed by atoms with Crippen LogP contribution < -0.4 is 25.4 Å². The van der Waals surface area contributed by atoms with E-state index < -0.39 is 72.1 Å². The monoisotopic (exact) mass is 1250 g/mol. The molecule has 0 saturated carbocycles. The van der Waals surface area contributed by atoms with Gasteiger partial charge in [-0.1, -0.05) is 121 Å². The van der Waals surface area contributed by atoms with Gasteiger partial charge in [0.1, 0.15) is 53.8 Å². The van der Waals surface area contributed by atoms with E-state index >= 15 is 0 Å². The van der Waals surface area contributed by atoms with Crippen molar-refractivity contribution in [1.82, 2.24) is 25.8 Å². The van der Waals surface area contributed by atoms with Crippen LogP contribution in [0.4, 0.5) is 0 Å². The summed E-state index contributed by atoms with van der Waals surface area (Å²) < 4.78 is 40.9. The number of hydrogen-bond acceptors (Lipinski definition) is 21. The zero-order valence-corrected chi connectivity index (χ0v) is 51.6. The predicted octanol–water partition coefficient (Wildman–Crippen LogP) is 6.72. The SMILES string of the molecule is CCC=CCC=CCC=CCCCC=CCCCC(=O)OCC(C)(C)C(OC1OC1c1ccccc1OC(=O)c1ccccc1OC(=O)c1cccnc1)C(=O)NCCC(=O)NCCSSCCNC1OC1COCCN1CC(O)C(O)C(O)C1CO. The minimum absolute atomic E-state index is 0.00284. The first-order valence-electron chi connectivity index (χ1n) is 29.9. The van der Waals surface area contributed by atoms with Crippen LogP contribution in [0.5, 0.6) is 11.5 Å². The Morgan fingerprint density at radius 1 is 0.782 bits per heavy atom. The topological polar surface area (TPSA) is 290 Å². The van der Waals surface area contributed by atoms with Gasteiger partial charge in [0, 0.05) is 80.4 Å². The summed E-state index contributed by atoms with van der Waals surface area (Å²) in [5.74, 6) is -1.16. The third-order valence-corrected chi connectivity index (χ3v) is 16.6. The normalized spacial score (nSPS) is 21.6. The number of aliphatic hydroxyl groups excluding tert-OH is 4. The number of allylic oxidation sites excluding steroid dienone is 8. The summed E-state index contributed by atoms with van der Waals surface area (Å²) in [5.41, 5.74) is -0.445. The number of piperidine rings is 1. The fourth-order valence-electron chi connectivity index (χ4n) is 9.22. The van der Waals surface area contributed by atoms with Gasteiger partial charge in [-0.3, -0.25) is 29.6 Å². The number of amides is 2. The van der Waals surface area contributed by atoms with E-state index in [0.717, 1.165) is 50.7 Å². The van der Waals surface area contributed by atoms with Gasteiger partial charge in [-0.05, 0) is 81.7 Å².